The summed E-state index contributed by atoms with van der Waals surface area (Å²) in [4.78, 5) is 29.7. The number of rotatable bonds is 3. The van der Waals surface area contributed by atoms with Crippen LogP contribution in [0, 0.1) is 11.3 Å². The molecule has 140 valence electrons. The second kappa shape index (κ2) is 7.31. The molecule has 1 saturated heterocycles. The third-order valence-electron chi connectivity index (χ3n) is 4.94. The van der Waals surface area contributed by atoms with Crippen LogP contribution in [-0.4, -0.2) is 29.8 Å². The van der Waals surface area contributed by atoms with Crippen molar-refractivity contribution in [3.8, 4) is 6.07 Å². The number of hydrogen-bond donors (Lipinski definition) is 0. The number of halogens is 2. The van der Waals surface area contributed by atoms with Crippen molar-refractivity contribution < 1.29 is 9.59 Å². The summed E-state index contributed by atoms with van der Waals surface area (Å²) >= 11 is 12.4. The number of nitriles is 1. The highest BCUT2D eigenvalue weighted by Gasteiger charge is 2.43. The molecule has 2 aliphatic heterocycles. The normalized spacial score (nSPS) is 16.9. The zero-order valence-corrected chi connectivity index (χ0v) is 16.3. The lowest BCUT2D eigenvalue weighted by atomic mass is 10.0. The quantitative estimate of drug-likeness (QED) is 0.708. The van der Waals surface area contributed by atoms with Crippen LogP contribution in [-0.2, 0) is 9.59 Å². The zero-order chi connectivity index (χ0) is 19.8. The van der Waals surface area contributed by atoms with E-state index in [-0.39, 0.29) is 11.5 Å². The van der Waals surface area contributed by atoms with Gasteiger partial charge in [0.15, 0.2) is 0 Å². The van der Waals surface area contributed by atoms with Gasteiger partial charge in [-0.05, 0) is 49.2 Å². The Morgan fingerprint density at radius 3 is 2.21 bits per heavy atom. The molecule has 2 aromatic carbocycles. The Labute approximate surface area is 172 Å². The van der Waals surface area contributed by atoms with E-state index < -0.39 is 5.91 Å². The molecule has 2 aliphatic rings. The molecule has 0 N–H and O–H groups in total. The van der Waals surface area contributed by atoms with Gasteiger partial charge in [-0.3, -0.25) is 9.59 Å². The lowest BCUT2D eigenvalue weighted by Crippen LogP contribution is -2.34. The summed E-state index contributed by atoms with van der Waals surface area (Å²) in [6.45, 7) is 1.43. The summed E-state index contributed by atoms with van der Waals surface area (Å²) in [6, 6.07) is 13.3. The molecule has 4 rings (SSSR count). The van der Waals surface area contributed by atoms with Gasteiger partial charge in [-0.2, -0.15) is 5.26 Å². The van der Waals surface area contributed by atoms with Crippen molar-refractivity contribution in [2.45, 2.75) is 12.8 Å². The van der Waals surface area contributed by atoms with E-state index in [9.17, 15) is 9.59 Å². The average molecular weight is 412 g/mol. The number of anilines is 1. The lowest BCUT2D eigenvalue weighted by molar-refractivity contribution is -0.120. The van der Waals surface area contributed by atoms with Crippen LogP contribution in [0.15, 0.2) is 48.2 Å². The number of imide groups is 1. The predicted octanol–water partition coefficient (Wildman–Crippen LogP) is 4.25. The molecule has 0 unspecified atom stereocenters. The molecule has 0 bridgehead atoms. The first-order valence-electron chi connectivity index (χ1n) is 8.85. The van der Waals surface area contributed by atoms with Crippen LogP contribution in [0.4, 0.5) is 5.69 Å². The summed E-state index contributed by atoms with van der Waals surface area (Å²) in [5.41, 5.74) is 2.03. The predicted molar refractivity (Wildman–Crippen MR) is 108 cm³/mol. The van der Waals surface area contributed by atoms with Crippen molar-refractivity contribution in [3.05, 3.63) is 69.3 Å². The molecule has 2 amide bonds. The Bertz CT molecular complexity index is 1050. The van der Waals surface area contributed by atoms with E-state index in [1.807, 2.05) is 11.0 Å². The summed E-state index contributed by atoms with van der Waals surface area (Å²) in [6.07, 6.45) is 1.92. The minimum atomic E-state index is -0.430. The first-order chi connectivity index (χ1) is 13.5. The van der Waals surface area contributed by atoms with Crippen molar-refractivity contribution >= 4 is 46.3 Å². The van der Waals surface area contributed by atoms with Crippen molar-refractivity contribution in [2.24, 2.45) is 0 Å². The number of benzene rings is 2. The number of amides is 2. The topological polar surface area (TPSA) is 64.4 Å². The monoisotopic (exact) mass is 411 g/mol. The SMILES string of the molecule is N#Cc1ccc(N2C(=O)C(c3ccc(Cl)cc3Cl)=C(N3CCCC3)C2=O)cc1. The molecular weight excluding hydrogens is 397 g/mol. The Morgan fingerprint density at radius 1 is 0.929 bits per heavy atom. The maximum atomic E-state index is 13.3. The fourth-order valence-corrected chi connectivity index (χ4v) is 4.11. The third kappa shape index (κ3) is 3.05. The number of carbonyl (C=O) groups is 2. The summed E-state index contributed by atoms with van der Waals surface area (Å²) < 4.78 is 0. The van der Waals surface area contributed by atoms with E-state index in [1.54, 1.807) is 42.5 Å². The van der Waals surface area contributed by atoms with Crippen molar-refractivity contribution in [1.29, 1.82) is 5.26 Å². The lowest BCUT2D eigenvalue weighted by Gasteiger charge is -2.20. The molecule has 5 nitrogen and oxygen atoms in total. The van der Waals surface area contributed by atoms with Crippen LogP contribution < -0.4 is 4.90 Å². The molecule has 28 heavy (non-hydrogen) atoms. The van der Waals surface area contributed by atoms with Gasteiger partial charge in [0, 0.05) is 23.7 Å². The van der Waals surface area contributed by atoms with Gasteiger partial charge in [0.05, 0.1) is 27.9 Å². The van der Waals surface area contributed by atoms with Crippen LogP contribution in [0.2, 0.25) is 10.0 Å². The molecule has 0 atom stereocenters. The van der Waals surface area contributed by atoms with Crippen molar-refractivity contribution in [3.63, 3.8) is 0 Å². The van der Waals surface area contributed by atoms with E-state index in [0.717, 1.165) is 17.7 Å². The van der Waals surface area contributed by atoms with Gasteiger partial charge >= 0.3 is 0 Å². The van der Waals surface area contributed by atoms with Crippen molar-refractivity contribution in [2.75, 3.05) is 18.0 Å². The number of carbonyl (C=O) groups excluding carboxylic acids is 2. The molecule has 1 fully saturated rings. The van der Waals surface area contributed by atoms with E-state index >= 15 is 0 Å². The first kappa shape index (κ1) is 18.5. The first-order valence-corrected chi connectivity index (χ1v) is 9.60. The summed E-state index contributed by atoms with van der Waals surface area (Å²) in [7, 11) is 0. The molecule has 0 spiro atoms. The summed E-state index contributed by atoms with van der Waals surface area (Å²) in [5.74, 6) is -0.807. The van der Waals surface area contributed by atoms with Gasteiger partial charge < -0.3 is 4.90 Å². The molecule has 7 heteroatoms. The van der Waals surface area contributed by atoms with Crippen LogP contribution in [0.1, 0.15) is 24.0 Å². The van der Waals surface area contributed by atoms with Gasteiger partial charge in [0.25, 0.3) is 11.8 Å². The van der Waals surface area contributed by atoms with Crippen LogP contribution >= 0.6 is 23.2 Å². The number of hydrogen-bond acceptors (Lipinski definition) is 4. The zero-order valence-electron chi connectivity index (χ0n) is 14.8. The van der Waals surface area contributed by atoms with Gasteiger partial charge in [-0.25, -0.2) is 4.90 Å². The Balaban J connectivity index is 1.84. The minimum absolute atomic E-state index is 0.290. The largest absolute Gasteiger partial charge is 0.366 e. The van der Waals surface area contributed by atoms with Crippen LogP contribution in [0.25, 0.3) is 5.57 Å². The van der Waals surface area contributed by atoms with E-state index in [4.69, 9.17) is 28.5 Å². The second-order valence-corrected chi connectivity index (χ2v) is 7.49. The second-order valence-electron chi connectivity index (χ2n) is 6.65. The van der Waals surface area contributed by atoms with Gasteiger partial charge in [-0.1, -0.05) is 29.3 Å². The third-order valence-corrected chi connectivity index (χ3v) is 5.48. The number of likely N-dealkylation sites (tertiary alicyclic amines) is 1. The molecule has 0 aliphatic carbocycles. The summed E-state index contributed by atoms with van der Waals surface area (Å²) in [5, 5.41) is 9.77. The Kier molecular flexibility index (Phi) is 4.84. The number of nitrogens with zero attached hydrogens (tertiary/aromatic N) is 3. The van der Waals surface area contributed by atoms with E-state index in [0.29, 0.717) is 45.6 Å². The van der Waals surface area contributed by atoms with E-state index in [2.05, 4.69) is 0 Å². The highest BCUT2D eigenvalue weighted by Crippen LogP contribution is 2.39. The van der Waals surface area contributed by atoms with Gasteiger partial charge in [-0.15, -0.1) is 0 Å². The molecule has 0 saturated carbocycles. The molecule has 2 aromatic rings. The average Bonchev–Trinajstić information content (AvgIpc) is 3.29. The fraction of sp³-hybridized carbons (Fsp3) is 0.190. The Morgan fingerprint density at radius 2 is 1.61 bits per heavy atom. The van der Waals surface area contributed by atoms with Crippen molar-refractivity contribution in [1.82, 2.24) is 4.90 Å². The molecule has 2 heterocycles. The Hall–Kier alpha value is -2.81. The fourth-order valence-electron chi connectivity index (χ4n) is 3.61. The smallest absolute Gasteiger partial charge is 0.282 e. The van der Waals surface area contributed by atoms with Crippen LogP contribution in [0.5, 0.6) is 0 Å². The maximum Gasteiger partial charge on any atom is 0.282 e. The molecule has 0 aromatic heterocycles. The highest BCUT2D eigenvalue weighted by atomic mass is 35.5. The van der Waals surface area contributed by atoms with Gasteiger partial charge in [0.1, 0.15) is 5.70 Å². The molecular formula is C21H15Cl2N3O2. The standard InChI is InChI=1S/C21H15Cl2N3O2/c22-14-5-8-16(17(23)11-14)18-19(25-9-1-2-10-25)21(28)26(20(18)27)15-6-3-13(12-24)4-7-15/h3-8,11H,1-2,9-10H2. The molecule has 0 radical (unpaired) electrons. The van der Waals surface area contributed by atoms with Gasteiger partial charge in [0.2, 0.25) is 0 Å². The maximum absolute atomic E-state index is 13.3. The highest BCUT2D eigenvalue weighted by molar-refractivity contribution is 6.47. The van der Waals surface area contributed by atoms with E-state index in [1.165, 1.54) is 0 Å². The minimum Gasteiger partial charge on any atom is -0.366 e. The van der Waals surface area contributed by atoms with Crippen LogP contribution in [0.3, 0.4) is 0 Å².